The molecule has 1 fully saturated rings. The first-order chi connectivity index (χ1) is 9.38. The van der Waals surface area contributed by atoms with Crippen LogP contribution in [0.25, 0.3) is 0 Å². The van der Waals surface area contributed by atoms with Crippen LogP contribution in [0.15, 0.2) is 12.1 Å². The van der Waals surface area contributed by atoms with E-state index in [4.69, 9.17) is 5.73 Å². The van der Waals surface area contributed by atoms with Gasteiger partial charge < -0.3 is 16.0 Å². The van der Waals surface area contributed by atoms with Gasteiger partial charge in [-0.1, -0.05) is 13.0 Å². The number of anilines is 1. The van der Waals surface area contributed by atoms with Crippen LogP contribution in [0.3, 0.4) is 0 Å². The molecular formula is C16H25N3O. The standard InChI is InChI=1S/C16H25N3O/c1-10-7-11(2)14(17)8-13(10)16(20)18-15-5-6-19(4)9-12(15)3/h7-8,12,15H,5-6,9,17H2,1-4H3,(H,18,20). The quantitative estimate of drug-likeness (QED) is 0.811. The topological polar surface area (TPSA) is 58.4 Å². The predicted octanol–water partition coefficient (Wildman–Crippen LogP) is 1.96. The van der Waals surface area contributed by atoms with E-state index in [0.717, 1.165) is 30.6 Å². The van der Waals surface area contributed by atoms with E-state index in [2.05, 4.69) is 24.2 Å². The summed E-state index contributed by atoms with van der Waals surface area (Å²) in [4.78, 5) is 14.8. The molecule has 2 rings (SSSR count). The van der Waals surface area contributed by atoms with Crippen LogP contribution in [0, 0.1) is 19.8 Å². The number of piperidine rings is 1. The lowest BCUT2D eigenvalue weighted by Crippen LogP contribution is -2.49. The molecule has 0 aliphatic carbocycles. The van der Waals surface area contributed by atoms with Crippen molar-refractivity contribution in [3.63, 3.8) is 0 Å². The van der Waals surface area contributed by atoms with E-state index in [0.29, 0.717) is 17.2 Å². The van der Waals surface area contributed by atoms with Gasteiger partial charge in [-0.25, -0.2) is 0 Å². The summed E-state index contributed by atoms with van der Waals surface area (Å²) in [6.45, 7) is 8.17. The number of nitrogen functional groups attached to an aromatic ring is 1. The summed E-state index contributed by atoms with van der Waals surface area (Å²) >= 11 is 0. The van der Waals surface area contributed by atoms with E-state index >= 15 is 0 Å². The van der Waals surface area contributed by atoms with Gasteiger partial charge in [-0.2, -0.15) is 0 Å². The lowest BCUT2D eigenvalue weighted by atomic mass is 9.93. The first-order valence-electron chi connectivity index (χ1n) is 7.24. The van der Waals surface area contributed by atoms with Gasteiger partial charge >= 0.3 is 0 Å². The number of hydrogen-bond donors (Lipinski definition) is 2. The second-order valence-electron chi connectivity index (χ2n) is 6.13. The summed E-state index contributed by atoms with van der Waals surface area (Å²) in [5.74, 6) is 0.469. The Bertz CT molecular complexity index is 513. The van der Waals surface area contributed by atoms with Gasteiger partial charge in [-0.3, -0.25) is 4.79 Å². The number of rotatable bonds is 2. The van der Waals surface area contributed by atoms with Crippen LogP contribution >= 0.6 is 0 Å². The predicted molar refractivity (Wildman–Crippen MR) is 82.9 cm³/mol. The third-order valence-electron chi connectivity index (χ3n) is 4.28. The number of likely N-dealkylation sites (tertiary alicyclic amines) is 1. The second kappa shape index (κ2) is 5.83. The summed E-state index contributed by atoms with van der Waals surface area (Å²) in [5.41, 5.74) is 9.29. The normalized spacial score (nSPS) is 23.6. The van der Waals surface area contributed by atoms with Crippen LogP contribution < -0.4 is 11.1 Å². The van der Waals surface area contributed by atoms with Crippen LogP contribution in [0.1, 0.15) is 34.8 Å². The highest BCUT2D eigenvalue weighted by molar-refractivity contribution is 5.97. The summed E-state index contributed by atoms with van der Waals surface area (Å²) in [6, 6.07) is 4.02. The maximum absolute atomic E-state index is 12.4. The van der Waals surface area contributed by atoms with E-state index in [9.17, 15) is 4.79 Å². The van der Waals surface area contributed by atoms with Crippen molar-refractivity contribution >= 4 is 11.6 Å². The number of carbonyl (C=O) groups is 1. The smallest absolute Gasteiger partial charge is 0.251 e. The lowest BCUT2D eigenvalue weighted by Gasteiger charge is -2.35. The molecule has 2 atom stereocenters. The van der Waals surface area contributed by atoms with E-state index < -0.39 is 0 Å². The molecule has 0 spiro atoms. The van der Waals surface area contributed by atoms with Crippen molar-refractivity contribution in [2.45, 2.75) is 33.2 Å². The summed E-state index contributed by atoms with van der Waals surface area (Å²) in [5, 5.41) is 3.17. The van der Waals surface area contributed by atoms with Crippen LogP contribution in [0.4, 0.5) is 5.69 Å². The molecule has 0 bridgehead atoms. The molecule has 0 radical (unpaired) electrons. The number of aryl methyl sites for hydroxylation is 2. The minimum absolute atomic E-state index is 0.00407. The number of nitrogens with zero attached hydrogens (tertiary/aromatic N) is 1. The molecule has 1 amide bonds. The summed E-state index contributed by atoms with van der Waals surface area (Å²) in [7, 11) is 2.12. The SMILES string of the molecule is Cc1cc(C)c(C(=O)NC2CCN(C)CC2C)cc1N. The van der Waals surface area contributed by atoms with Gasteiger partial charge in [0.1, 0.15) is 0 Å². The third kappa shape index (κ3) is 3.12. The molecule has 3 N–H and O–H groups in total. The van der Waals surface area contributed by atoms with Crippen LogP contribution in [0.5, 0.6) is 0 Å². The fourth-order valence-electron chi connectivity index (χ4n) is 2.93. The van der Waals surface area contributed by atoms with Crippen LogP contribution in [0.2, 0.25) is 0 Å². The minimum atomic E-state index is -0.00407. The fourth-order valence-corrected chi connectivity index (χ4v) is 2.93. The third-order valence-corrected chi connectivity index (χ3v) is 4.28. The van der Waals surface area contributed by atoms with Gasteiger partial charge in [0.25, 0.3) is 5.91 Å². The van der Waals surface area contributed by atoms with Crippen LogP contribution in [-0.2, 0) is 0 Å². The molecule has 1 saturated heterocycles. The van der Waals surface area contributed by atoms with Crippen molar-refractivity contribution in [3.8, 4) is 0 Å². The molecule has 1 heterocycles. The number of benzene rings is 1. The second-order valence-corrected chi connectivity index (χ2v) is 6.13. The maximum Gasteiger partial charge on any atom is 0.251 e. The van der Waals surface area contributed by atoms with E-state index in [1.165, 1.54) is 0 Å². The average molecular weight is 275 g/mol. The van der Waals surface area contributed by atoms with Crippen molar-refractivity contribution in [2.75, 3.05) is 25.9 Å². The van der Waals surface area contributed by atoms with Crippen molar-refractivity contribution in [3.05, 3.63) is 28.8 Å². The molecule has 0 aromatic heterocycles. The van der Waals surface area contributed by atoms with E-state index in [1.54, 1.807) is 6.07 Å². The van der Waals surface area contributed by atoms with E-state index in [1.807, 2.05) is 19.9 Å². The highest BCUT2D eigenvalue weighted by Crippen LogP contribution is 2.20. The Balaban J connectivity index is 2.11. The van der Waals surface area contributed by atoms with Gasteiger partial charge in [0, 0.05) is 23.8 Å². The molecule has 20 heavy (non-hydrogen) atoms. The zero-order valence-electron chi connectivity index (χ0n) is 12.9. The van der Waals surface area contributed by atoms with Crippen molar-refractivity contribution < 1.29 is 4.79 Å². The monoisotopic (exact) mass is 275 g/mol. The molecule has 110 valence electrons. The fraction of sp³-hybridized carbons (Fsp3) is 0.562. The molecule has 2 unspecified atom stereocenters. The number of amides is 1. The Morgan fingerprint density at radius 1 is 1.35 bits per heavy atom. The average Bonchev–Trinajstić information content (AvgIpc) is 2.37. The van der Waals surface area contributed by atoms with Gasteiger partial charge in [0.2, 0.25) is 0 Å². The van der Waals surface area contributed by atoms with Gasteiger partial charge in [-0.05, 0) is 57.0 Å². The van der Waals surface area contributed by atoms with Gasteiger partial charge in [0.15, 0.2) is 0 Å². The Labute approximate surface area is 121 Å². The first kappa shape index (κ1) is 14.9. The Morgan fingerprint density at radius 2 is 2.05 bits per heavy atom. The molecule has 1 aromatic rings. The number of nitrogens with two attached hydrogens (primary N) is 1. The highest BCUT2D eigenvalue weighted by Gasteiger charge is 2.26. The van der Waals surface area contributed by atoms with E-state index in [-0.39, 0.29) is 11.9 Å². The Hall–Kier alpha value is -1.55. The number of hydrogen-bond acceptors (Lipinski definition) is 3. The van der Waals surface area contributed by atoms with Crippen molar-refractivity contribution in [2.24, 2.45) is 5.92 Å². The van der Waals surface area contributed by atoms with Gasteiger partial charge in [-0.15, -0.1) is 0 Å². The molecule has 1 aliphatic rings. The molecule has 1 aromatic carbocycles. The molecule has 4 nitrogen and oxygen atoms in total. The van der Waals surface area contributed by atoms with Crippen LogP contribution in [-0.4, -0.2) is 37.0 Å². The molecule has 0 saturated carbocycles. The number of carbonyl (C=O) groups excluding carboxylic acids is 1. The summed E-state index contributed by atoms with van der Waals surface area (Å²) in [6.07, 6.45) is 1.00. The largest absolute Gasteiger partial charge is 0.398 e. The zero-order chi connectivity index (χ0) is 14.9. The van der Waals surface area contributed by atoms with Gasteiger partial charge in [0.05, 0.1) is 0 Å². The molecule has 1 aliphatic heterocycles. The molecular weight excluding hydrogens is 250 g/mol. The van der Waals surface area contributed by atoms with Crippen molar-refractivity contribution in [1.82, 2.24) is 10.2 Å². The zero-order valence-corrected chi connectivity index (χ0v) is 12.9. The highest BCUT2D eigenvalue weighted by atomic mass is 16.1. The summed E-state index contributed by atoms with van der Waals surface area (Å²) < 4.78 is 0. The van der Waals surface area contributed by atoms with Crippen molar-refractivity contribution in [1.29, 1.82) is 0 Å². The number of nitrogens with one attached hydrogen (secondary N) is 1. The minimum Gasteiger partial charge on any atom is -0.398 e. The Kier molecular flexibility index (Phi) is 4.33. The first-order valence-corrected chi connectivity index (χ1v) is 7.24. The molecule has 4 heteroatoms. The lowest BCUT2D eigenvalue weighted by molar-refractivity contribution is 0.0883. The maximum atomic E-state index is 12.4. The Morgan fingerprint density at radius 3 is 2.70 bits per heavy atom.